The SMILES string of the molecule is [CH3][Sn]([CH3])[CH3].c1ccc(Pc2ccccc2)cc1. The molecule has 2 aromatic carbocycles. The third-order valence-corrected chi connectivity index (χ3v) is 3.08. The van der Waals surface area contributed by atoms with Crippen molar-refractivity contribution in [2.24, 2.45) is 0 Å². The van der Waals surface area contributed by atoms with Crippen molar-refractivity contribution in [3.8, 4) is 0 Å². The van der Waals surface area contributed by atoms with E-state index < -0.39 is 19.8 Å². The van der Waals surface area contributed by atoms with Gasteiger partial charge >= 0.3 is 34.6 Å². The van der Waals surface area contributed by atoms with Gasteiger partial charge in [-0.25, -0.2) is 0 Å². The molecule has 2 heteroatoms. The molecule has 0 N–H and O–H groups in total. The topological polar surface area (TPSA) is 0 Å². The van der Waals surface area contributed by atoms with Crippen LogP contribution in [-0.2, 0) is 0 Å². The quantitative estimate of drug-likeness (QED) is 0.573. The van der Waals surface area contributed by atoms with Gasteiger partial charge in [0, 0.05) is 0 Å². The van der Waals surface area contributed by atoms with E-state index in [0.717, 1.165) is 8.58 Å². The van der Waals surface area contributed by atoms with E-state index in [1.165, 1.54) is 10.6 Å². The van der Waals surface area contributed by atoms with E-state index in [1.54, 1.807) is 0 Å². The predicted octanol–water partition coefficient (Wildman–Crippen LogP) is 3.69. The molecule has 2 aromatic rings. The van der Waals surface area contributed by atoms with Crippen molar-refractivity contribution in [2.45, 2.75) is 14.8 Å². The fourth-order valence-corrected chi connectivity index (χ4v) is 2.26. The first-order valence-electron chi connectivity index (χ1n) is 5.82. The Bertz CT molecular complexity index is 358. The summed E-state index contributed by atoms with van der Waals surface area (Å²) < 4.78 is 0. The summed E-state index contributed by atoms with van der Waals surface area (Å²) in [6, 6.07) is 21.2. The molecule has 17 heavy (non-hydrogen) atoms. The first-order valence-corrected chi connectivity index (χ1v) is 15.4. The molecule has 0 spiro atoms. The van der Waals surface area contributed by atoms with Gasteiger partial charge in [0.15, 0.2) is 0 Å². The van der Waals surface area contributed by atoms with Crippen LogP contribution in [0, 0.1) is 0 Å². The van der Waals surface area contributed by atoms with Gasteiger partial charge in [0.2, 0.25) is 0 Å². The normalized spacial score (nSPS) is 9.65. The molecule has 0 bridgehead atoms. The van der Waals surface area contributed by atoms with Crippen molar-refractivity contribution in [2.75, 3.05) is 0 Å². The predicted molar refractivity (Wildman–Crippen MR) is 83.8 cm³/mol. The minimum atomic E-state index is -0.543. The Morgan fingerprint density at radius 1 is 0.647 bits per heavy atom. The van der Waals surface area contributed by atoms with E-state index in [1.807, 2.05) is 0 Å². The van der Waals surface area contributed by atoms with E-state index in [9.17, 15) is 0 Å². The zero-order valence-electron chi connectivity index (χ0n) is 10.8. The van der Waals surface area contributed by atoms with Crippen LogP contribution < -0.4 is 10.6 Å². The van der Waals surface area contributed by atoms with Gasteiger partial charge in [-0.2, -0.15) is 0 Å². The summed E-state index contributed by atoms with van der Waals surface area (Å²) in [5.74, 6) is 0. The molecule has 89 valence electrons. The number of benzene rings is 2. The van der Waals surface area contributed by atoms with Crippen molar-refractivity contribution < 1.29 is 0 Å². The van der Waals surface area contributed by atoms with Crippen molar-refractivity contribution in [3.05, 3.63) is 60.7 Å². The van der Waals surface area contributed by atoms with Crippen molar-refractivity contribution >= 4 is 38.9 Å². The molecule has 0 aliphatic heterocycles. The zero-order valence-corrected chi connectivity index (χ0v) is 14.6. The van der Waals surface area contributed by atoms with E-state index >= 15 is 0 Å². The molecule has 0 amide bonds. The molecular weight excluding hydrogens is 330 g/mol. The second kappa shape index (κ2) is 8.71. The molecule has 0 aromatic heterocycles. The molecule has 0 saturated carbocycles. The van der Waals surface area contributed by atoms with Gasteiger partial charge in [-0.05, 0) is 10.6 Å². The summed E-state index contributed by atoms with van der Waals surface area (Å²) in [4.78, 5) is 7.09. The average Bonchev–Trinajstić information content (AvgIpc) is 2.31. The van der Waals surface area contributed by atoms with Crippen LogP contribution in [0.3, 0.4) is 0 Å². The summed E-state index contributed by atoms with van der Waals surface area (Å²) in [5.41, 5.74) is 0. The molecule has 2 rings (SSSR count). The smallest absolute Gasteiger partial charge is 0.0226 e. The van der Waals surface area contributed by atoms with E-state index in [0.29, 0.717) is 0 Å². The van der Waals surface area contributed by atoms with Crippen LogP contribution in [0.5, 0.6) is 0 Å². The van der Waals surface area contributed by atoms with Crippen LogP contribution in [0.2, 0.25) is 14.8 Å². The van der Waals surface area contributed by atoms with Gasteiger partial charge in [-0.15, -0.1) is 0 Å². The van der Waals surface area contributed by atoms with Crippen molar-refractivity contribution in [1.82, 2.24) is 0 Å². The molecule has 0 fully saturated rings. The molecule has 0 atom stereocenters. The van der Waals surface area contributed by atoms with Crippen molar-refractivity contribution in [3.63, 3.8) is 0 Å². The Morgan fingerprint density at radius 2 is 0.941 bits per heavy atom. The Labute approximate surface area is 114 Å². The zero-order chi connectivity index (χ0) is 12.5. The third-order valence-electron chi connectivity index (χ3n) is 1.84. The van der Waals surface area contributed by atoms with E-state index in [-0.39, 0.29) is 0 Å². The monoisotopic (exact) mass is 351 g/mol. The minimum Gasteiger partial charge on any atom is -0.0622 e. The van der Waals surface area contributed by atoms with Gasteiger partial charge in [0.05, 0.1) is 0 Å². The van der Waals surface area contributed by atoms with Crippen LogP contribution in [0.4, 0.5) is 0 Å². The van der Waals surface area contributed by atoms with Crippen molar-refractivity contribution in [1.29, 1.82) is 0 Å². The van der Waals surface area contributed by atoms with Gasteiger partial charge in [0.1, 0.15) is 0 Å². The molecule has 0 unspecified atom stereocenters. The summed E-state index contributed by atoms with van der Waals surface area (Å²) >= 11 is -0.543. The molecular formula is C15H20PSn. The molecule has 0 heterocycles. The largest absolute Gasteiger partial charge is 0.0622 e. The maximum absolute atomic E-state index is 2.36. The standard InChI is InChI=1S/C12H11P.3CH3.Sn/c1-3-7-11(8-4-1)13-12-9-5-2-6-10-12;;;;/h1-10,13H;3*1H3;. The number of hydrogen-bond acceptors (Lipinski definition) is 0. The Morgan fingerprint density at radius 3 is 1.24 bits per heavy atom. The Balaban J connectivity index is 0.000000317. The number of hydrogen-bond donors (Lipinski definition) is 0. The first-order chi connectivity index (χ1) is 8.18. The Kier molecular flexibility index (Phi) is 7.55. The molecule has 0 aliphatic carbocycles. The summed E-state index contributed by atoms with van der Waals surface area (Å²) in [5, 5.41) is 2.79. The van der Waals surface area contributed by atoms with Gasteiger partial charge < -0.3 is 0 Å². The Hall–Kier alpha value is -0.331. The van der Waals surface area contributed by atoms with Crippen LogP contribution in [0.1, 0.15) is 0 Å². The van der Waals surface area contributed by atoms with Crippen LogP contribution >= 0.6 is 8.58 Å². The summed E-state index contributed by atoms with van der Waals surface area (Å²) in [6.07, 6.45) is 0. The maximum atomic E-state index is 2.36. The minimum absolute atomic E-state index is 0.543. The fraction of sp³-hybridized carbons (Fsp3) is 0.200. The fourth-order valence-electron chi connectivity index (χ4n) is 1.21. The molecule has 0 aliphatic rings. The second-order valence-corrected chi connectivity index (χ2v) is 14.3. The maximum Gasteiger partial charge on any atom is -0.0226 e. The van der Waals surface area contributed by atoms with E-state index in [2.05, 4.69) is 75.5 Å². The van der Waals surface area contributed by atoms with E-state index in [4.69, 9.17) is 0 Å². The second-order valence-electron chi connectivity index (χ2n) is 4.36. The van der Waals surface area contributed by atoms with Crippen LogP contribution in [0.15, 0.2) is 60.7 Å². The summed E-state index contributed by atoms with van der Waals surface area (Å²) in [6.45, 7) is 0. The van der Waals surface area contributed by atoms with Crippen LogP contribution in [0.25, 0.3) is 0 Å². The molecule has 1 radical (unpaired) electrons. The van der Waals surface area contributed by atoms with Gasteiger partial charge in [-0.3, -0.25) is 0 Å². The van der Waals surface area contributed by atoms with Gasteiger partial charge in [-0.1, -0.05) is 69.2 Å². The summed E-state index contributed by atoms with van der Waals surface area (Å²) in [7, 11) is 0.777. The first kappa shape index (κ1) is 14.7. The molecule has 0 nitrogen and oxygen atoms in total. The average molecular weight is 350 g/mol. The van der Waals surface area contributed by atoms with Gasteiger partial charge in [0.25, 0.3) is 0 Å². The third kappa shape index (κ3) is 7.57. The number of rotatable bonds is 2. The molecule has 0 saturated heterocycles. The van der Waals surface area contributed by atoms with Crippen LogP contribution in [-0.4, -0.2) is 19.8 Å².